The van der Waals surface area contributed by atoms with Crippen molar-refractivity contribution in [1.29, 1.82) is 0 Å². The van der Waals surface area contributed by atoms with Gasteiger partial charge in [-0.1, -0.05) is 57.7 Å². The van der Waals surface area contributed by atoms with Crippen LogP contribution in [-0.2, 0) is 0 Å². The van der Waals surface area contributed by atoms with Gasteiger partial charge in [0.2, 0.25) is 0 Å². The molecule has 0 aliphatic carbocycles. The molecule has 0 amide bonds. The van der Waals surface area contributed by atoms with E-state index in [2.05, 4.69) is 40.0 Å². The summed E-state index contributed by atoms with van der Waals surface area (Å²) in [6, 6.07) is 0. The fourth-order valence-corrected chi connectivity index (χ4v) is 1.13. The van der Waals surface area contributed by atoms with E-state index >= 15 is 0 Å². The minimum atomic E-state index is 1.03. The van der Waals surface area contributed by atoms with E-state index in [0.717, 1.165) is 6.42 Å². The minimum Gasteiger partial charge on any atom is -0.0985 e. The predicted molar refractivity (Wildman–Crippen MR) is 68.5 cm³/mol. The van der Waals surface area contributed by atoms with Gasteiger partial charge >= 0.3 is 0 Å². The molecule has 0 heteroatoms. The Morgan fingerprint density at radius 1 is 1.07 bits per heavy atom. The van der Waals surface area contributed by atoms with Crippen molar-refractivity contribution in [3.63, 3.8) is 0 Å². The molecule has 0 aliphatic rings. The monoisotopic (exact) mass is 192 g/mol. The second kappa shape index (κ2) is 10.0. The molecule has 0 heterocycles. The molecule has 0 aliphatic heterocycles. The first-order valence-electron chi connectivity index (χ1n) is 5.30. The van der Waals surface area contributed by atoms with Crippen LogP contribution < -0.4 is 0 Å². The summed E-state index contributed by atoms with van der Waals surface area (Å²) >= 11 is 0. The van der Waals surface area contributed by atoms with Crippen LogP contribution in [0.2, 0.25) is 0 Å². The standard InChI is InChI=1S/C12H18.C2H6/c1-6-9-11(7-2)12(8-3)10(4)5;1-2/h7-9H,2-3,6H2,1,4-5H3;1-2H3/b11-9-;. The molecule has 0 N–H and O–H groups in total. The van der Waals surface area contributed by atoms with Gasteiger partial charge in [0, 0.05) is 0 Å². The van der Waals surface area contributed by atoms with Crippen molar-refractivity contribution >= 4 is 0 Å². The van der Waals surface area contributed by atoms with Crippen molar-refractivity contribution in [3.05, 3.63) is 48.1 Å². The van der Waals surface area contributed by atoms with Gasteiger partial charge in [0.05, 0.1) is 0 Å². The van der Waals surface area contributed by atoms with Crippen LogP contribution in [0.25, 0.3) is 0 Å². The van der Waals surface area contributed by atoms with Crippen LogP contribution >= 0.6 is 0 Å². The molecule has 14 heavy (non-hydrogen) atoms. The zero-order chi connectivity index (χ0) is 11.6. The molecular weight excluding hydrogens is 168 g/mol. The van der Waals surface area contributed by atoms with E-state index in [1.165, 1.54) is 16.7 Å². The predicted octanol–water partition coefficient (Wildman–Crippen LogP) is 5.06. The zero-order valence-corrected chi connectivity index (χ0v) is 10.4. The van der Waals surface area contributed by atoms with Crippen LogP contribution in [0.1, 0.15) is 41.0 Å². The maximum atomic E-state index is 3.79. The summed E-state index contributed by atoms with van der Waals surface area (Å²) in [7, 11) is 0. The zero-order valence-electron chi connectivity index (χ0n) is 10.4. The van der Waals surface area contributed by atoms with E-state index in [-0.39, 0.29) is 0 Å². The maximum Gasteiger partial charge on any atom is -0.0207 e. The van der Waals surface area contributed by atoms with Gasteiger partial charge in [-0.15, -0.1) is 0 Å². The highest BCUT2D eigenvalue weighted by atomic mass is 14.0. The Hall–Kier alpha value is -1.04. The highest BCUT2D eigenvalue weighted by molar-refractivity contribution is 5.47. The summed E-state index contributed by atoms with van der Waals surface area (Å²) in [6.45, 7) is 17.9. The third-order valence-electron chi connectivity index (χ3n) is 1.70. The van der Waals surface area contributed by atoms with Gasteiger partial charge in [-0.25, -0.2) is 0 Å². The first-order valence-corrected chi connectivity index (χ1v) is 5.30. The van der Waals surface area contributed by atoms with Crippen LogP contribution in [0, 0.1) is 0 Å². The molecule has 0 aromatic rings. The number of allylic oxidation sites excluding steroid dienone is 6. The topological polar surface area (TPSA) is 0 Å². The lowest BCUT2D eigenvalue weighted by Gasteiger charge is -2.05. The molecule has 0 saturated heterocycles. The van der Waals surface area contributed by atoms with Gasteiger partial charge in [-0.05, 0) is 31.4 Å². The third-order valence-corrected chi connectivity index (χ3v) is 1.70. The summed E-state index contributed by atoms with van der Waals surface area (Å²) in [6.07, 6.45) is 6.97. The van der Waals surface area contributed by atoms with Crippen molar-refractivity contribution in [2.24, 2.45) is 0 Å². The Morgan fingerprint density at radius 2 is 1.57 bits per heavy atom. The van der Waals surface area contributed by atoms with Crippen molar-refractivity contribution in [2.45, 2.75) is 41.0 Å². The number of hydrogen-bond acceptors (Lipinski definition) is 0. The first-order chi connectivity index (χ1) is 6.67. The maximum absolute atomic E-state index is 3.79. The molecule has 0 spiro atoms. The Kier molecular flexibility index (Phi) is 11.1. The van der Waals surface area contributed by atoms with Gasteiger partial charge in [-0.2, -0.15) is 0 Å². The van der Waals surface area contributed by atoms with Crippen LogP contribution in [0.5, 0.6) is 0 Å². The van der Waals surface area contributed by atoms with Crippen LogP contribution in [-0.4, -0.2) is 0 Å². The van der Waals surface area contributed by atoms with Gasteiger partial charge in [-0.3, -0.25) is 0 Å². The second-order valence-electron chi connectivity index (χ2n) is 2.89. The van der Waals surface area contributed by atoms with E-state index in [1.807, 2.05) is 26.0 Å². The van der Waals surface area contributed by atoms with Crippen LogP contribution in [0.15, 0.2) is 48.1 Å². The van der Waals surface area contributed by atoms with Crippen molar-refractivity contribution < 1.29 is 0 Å². The smallest absolute Gasteiger partial charge is 0.0207 e. The Labute approximate surface area is 89.7 Å². The van der Waals surface area contributed by atoms with Crippen molar-refractivity contribution in [3.8, 4) is 0 Å². The average Bonchev–Trinajstić information content (AvgIpc) is 2.20. The number of rotatable bonds is 4. The molecule has 0 fully saturated rings. The molecule has 0 atom stereocenters. The van der Waals surface area contributed by atoms with E-state index in [4.69, 9.17) is 0 Å². The van der Waals surface area contributed by atoms with Crippen molar-refractivity contribution in [1.82, 2.24) is 0 Å². The molecular formula is C14H24. The molecule has 0 bridgehead atoms. The second-order valence-corrected chi connectivity index (χ2v) is 2.89. The normalized spacial score (nSPS) is 9.64. The lowest BCUT2D eigenvalue weighted by molar-refractivity contribution is 1.19. The summed E-state index contributed by atoms with van der Waals surface area (Å²) in [5.74, 6) is 0. The van der Waals surface area contributed by atoms with E-state index in [9.17, 15) is 0 Å². The molecule has 0 rings (SSSR count). The molecule has 0 aromatic heterocycles. The Balaban J connectivity index is 0. The van der Waals surface area contributed by atoms with Crippen LogP contribution in [0.4, 0.5) is 0 Å². The van der Waals surface area contributed by atoms with E-state index in [1.54, 1.807) is 0 Å². The summed E-state index contributed by atoms with van der Waals surface area (Å²) in [5, 5.41) is 0. The summed E-state index contributed by atoms with van der Waals surface area (Å²) in [4.78, 5) is 0. The fraction of sp³-hybridized carbons (Fsp3) is 0.429. The summed E-state index contributed by atoms with van der Waals surface area (Å²) < 4.78 is 0. The summed E-state index contributed by atoms with van der Waals surface area (Å²) in [5.41, 5.74) is 3.67. The van der Waals surface area contributed by atoms with E-state index < -0.39 is 0 Å². The molecule has 0 saturated carbocycles. The van der Waals surface area contributed by atoms with E-state index in [0.29, 0.717) is 0 Å². The molecule has 0 aromatic carbocycles. The highest BCUT2D eigenvalue weighted by Crippen LogP contribution is 2.17. The van der Waals surface area contributed by atoms with Gasteiger partial charge in [0.15, 0.2) is 0 Å². The van der Waals surface area contributed by atoms with Crippen molar-refractivity contribution in [2.75, 3.05) is 0 Å². The first kappa shape index (κ1) is 15.4. The minimum absolute atomic E-state index is 1.03. The van der Waals surface area contributed by atoms with Crippen LogP contribution in [0.3, 0.4) is 0 Å². The molecule has 0 radical (unpaired) electrons. The Bertz CT molecular complexity index is 222. The van der Waals surface area contributed by atoms with Gasteiger partial charge in [0.1, 0.15) is 0 Å². The lowest BCUT2D eigenvalue weighted by Crippen LogP contribution is -1.85. The molecule has 0 nitrogen and oxygen atoms in total. The van der Waals surface area contributed by atoms with Gasteiger partial charge in [0.25, 0.3) is 0 Å². The quantitative estimate of drug-likeness (QED) is 0.546. The van der Waals surface area contributed by atoms with Gasteiger partial charge < -0.3 is 0 Å². The lowest BCUT2D eigenvalue weighted by atomic mass is 10.0. The number of hydrogen-bond donors (Lipinski definition) is 0. The SMILES string of the molecule is C=CC(=C(C)C)/C(C=C)=C\CC.CC. The Morgan fingerprint density at radius 3 is 1.79 bits per heavy atom. The largest absolute Gasteiger partial charge is 0.0985 e. The molecule has 80 valence electrons. The average molecular weight is 192 g/mol. The fourth-order valence-electron chi connectivity index (χ4n) is 1.13. The third kappa shape index (κ3) is 5.58. The highest BCUT2D eigenvalue weighted by Gasteiger charge is 1.97. The molecule has 0 unspecified atom stereocenters.